The number of carbonyl (C=O) groups is 1. The van der Waals surface area contributed by atoms with Crippen LogP contribution < -0.4 is 10.9 Å². The first-order valence-corrected chi connectivity index (χ1v) is 10.3. The van der Waals surface area contributed by atoms with Crippen LogP contribution in [0.15, 0.2) is 80.2 Å². The molecule has 2 heterocycles. The van der Waals surface area contributed by atoms with E-state index in [1.54, 1.807) is 24.3 Å². The molecular formula is C21H15NO4S2. The molecule has 0 radical (unpaired) electrons. The van der Waals surface area contributed by atoms with Crippen LogP contribution in [0.25, 0.3) is 11.0 Å². The number of thioether (sulfide) groups is 1. The van der Waals surface area contributed by atoms with E-state index in [0.717, 1.165) is 10.3 Å². The molecular weight excluding hydrogens is 394 g/mol. The average molecular weight is 409 g/mol. The van der Waals surface area contributed by atoms with Crippen molar-refractivity contribution in [2.24, 2.45) is 0 Å². The Hall–Kier alpha value is -3.03. The molecule has 0 atom stereocenters. The maximum atomic E-state index is 12.2. The second-order valence-corrected chi connectivity index (χ2v) is 8.03. The summed E-state index contributed by atoms with van der Waals surface area (Å²) in [5.74, 6) is 0.344. The number of carbonyl (C=O) groups excluding carboxylic acids is 1. The Morgan fingerprint density at radius 2 is 2.00 bits per heavy atom. The van der Waals surface area contributed by atoms with Crippen molar-refractivity contribution < 1.29 is 14.3 Å². The van der Waals surface area contributed by atoms with Gasteiger partial charge in [0.2, 0.25) is 0 Å². The highest BCUT2D eigenvalue weighted by Crippen LogP contribution is 2.26. The molecule has 2 aromatic carbocycles. The van der Waals surface area contributed by atoms with Crippen molar-refractivity contribution in [2.75, 3.05) is 5.32 Å². The number of hydrogen-bond acceptors (Lipinski definition) is 6. The average Bonchev–Trinajstić information content (AvgIpc) is 3.22. The number of thiophene rings is 1. The number of phenols is 1. The van der Waals surface area contributed by atoms with Crippen LogP contribution in [-0.2, 0) is 5.75 Å². The SMILES string of the molecule is O=C(Nc1cccc(SCc2cc3ccc(O)cc3oc2=O)c1)c1cccs1. The van der Waals surface area contributed by atoms with Gasteiger partial charge in [-0.05, 0) is 47.8 Å². The Balaban J connectivity index is 1.48. The molecule has 0 aliphatic rings. The largest absolute Gasteiger partial charge is 0.508 e. The van der Waals surface area contributed by atoms with E-state index in [0.29, 0.717) is 27.5 Å². The number of benzene rings is 2. The zero-order valence-electron chi connectivity index (χ0n) is 14.5. The van der Waals surface area contributed by atoms with Gasteiger partial charge in [-0.2, -0.15) is 0 Å². The van der Waals surface area contributed by atoms with Gasteiger partial charge in [-0.15, -0.1) is 23.1 Å². The maximum Gasteiger partial charge on any atom is 0.340 e. The summed E-state index contributed by atoms with van der Waals surface area (Å²) in [6.45, 7) is 0. The summed E-state index contributed by atoms with van der Waals surface area (Å²) in [6.07, 6.45) is 0. The number of hydrogen-bond donors (Lipinski definition) is 2. The molecule has 0 unspecified atom stereocenters. The molecule has 0 saturated heterocycles. The van der Waals surface area contributed by atoms with Gasteiger partial charge in [0.05, 0.1) is 4.88 Å². The molecule has 1 amide bonds. The fourth-order valence-electron chi connectivity index (χ4n) is 2.67. The standard InChI is InChI=1S/C21H15NO4S2/c23-16-7-6-13-9-14(21(25)26-18(13)11-16)12-28-17-4-1-3-15(10-17)22-20(24)19-5-2-8-27-19/h1-11,23H,12H2,(H,22,24). The number of nitrogens with one attached hydrogen (secondary N) is 1. The van der Waals surface area contributed by atoms with Crippen molar-refractivity contribution in [3.05, 3.63) is 86.9 Å². The van der Waals surface area contributed by atoms with E-state index >= 15 is 0 Å². The van der Waals surface area contributed by atoms with Crippen LogP contribution >= 0.6 is 23.1 Å². The van der Waals surface area contributed by atoms with Crippen molar-refractivity contribution >= 4 is 45.7 Å². The van der Waals surface area contributed by atoms with Gasteiger partial charge in [-0.3, -0.25) is 4.79 Å². The Morgan fingerprint density at radius 1 is 1.11 bits per heavy atom. The van der Waals surface area contributed by atoms with Crippen LogP contribution in [0.4, 0.5) is 5.69 Å². The molecule has 0 saturated carbocycles. The number of aromatic hydroxyl groups is 1. The molecule has 2 aromatic heterocycles. The third-order valence-electron chi connectivity index (χ3n) is 4.02. The minimum Gasteiger partial charge on any atom is -0.508 e. The molecule has 0 bridgehead atoms. The van der Waals surface area contributed by atoms with Crippen LogP contribution in [0.2, 0.25) is 0 Å². The number of phenolic OH excluding ortho intramolecular Hbond substituents is 1. The van der Waals surface area contributed by atoms with E-state index in [2.05, 4.69) is 5.32 Å². The quantitative estimate of drug-likeness (QED) is 0.354. The van der Waals surface area contributed by atoms with Gasteiger partial charge in [0.15, 0.2) is 0 Å². The van der Waals surface area contributed by atoms with Crippen molar-refractivity contribution in [2.45, 2.75) is 10.6 Å². The summed E-state index contributed by atoms with van der Waals surface area (Å²) >= 11 is 2.87. The van der Waals surface area contributed by atoms with Gasteiger partial charge in [0.1, 0.15) is 11.3 Å². The first kappa shape index (κ1) is 18.3. The highest BCUT2D eigenvalue weighted by molar-refractivity contribution is 7.98. The van der Waals surface area contributed by atoms with Gasteiger partial charge >= 0.3 is 5.63 Å². The number of rotatable bonds is 5. The molecule has 140 valence electrons. The minimum absolute atomic E-state index is 0.0548. The minimum atomic E-state index is -0.423. The first-order valence-electron chi connectivity index (χ1n) is 8.42. The smallest absolute Gasteiger partial charge is 0.340 e. The van der Waals surface area contributed by atoms with Gasteiger partial charge in [0.25, 0.3) is 5.91 Å². The van der Waals surface area contributed by atoms with E-state index in [1.807, 2.05) is 35.7 Å². The normalized spacial score (nSPS) is 10.9. The Labute approximate surface area is 168 Å². The number of anilines is 1. The summed E-state index contributed by atoms with van der Waals surface area (Å²) in [6, 6.07) is 17.6. The summed E-state index contributed by atoms with van der Waals surface area (Å²) in [4.78, 5) is 25.9. The van der Waals surface area contributed by atoms with Gasteiger partial charge < -0.3 is 14.8 Å². The third-order valence-corrected chi connectivity index (χ3v) is 5.93. The topological polar surface area (TPSA) is 79.5 Å². The molecule has 7 heteroatoms. The van der Waals surface area contributed by atoms with Crippen LogP contribution in [0.5, 0.6) is 5.75 Å². The van der Waals surface area contributed by atoms with E-state index in [4.69, 9.17) is 4.42 Å². The molecule has 28 heavy (non-hydrogen) atoms. The maximum absolute atomic E-state index is 12.2. The second kappa shape index (κ2) is 7.92. The van der Waals surface area contributed by atoms with E-state index in [-0.39, 0.29) is 11.7 Å². The van der Waals surface area contributed by atoms with Crippen molar-refractivity contribution in [1.82, 2.24) is 0 Å². The number of fused-ring (bicyclic) bond motifs is 1. The van der Waals surface area contributed by atoms with Gasteiger partial charge in [-0.25, -0.2) is 4.79 Å². The highest BCUT2D eigenvalue weighted by Gasteiger charge is 2.09. The predicted octanol–water partition coefficient (Wildman–Crippen LogP) is 5.10. The zero-order valence-corrected chi connectivity index (χ0v) is 16.2. The lowest BCUT2D eigenvalue weighted by atomic mass is 10.2. The Morgan fingerprint density at radius 3 is 2.82 bits per heavy atom. The monoisotopic (exact) mass is 409 g/mol. The first-order chi connectivity index (χ1) is 13.6. The fraction of sp³-hybridized carbons (Fsp3) is 0.0476. The summed E-state index contributed by atoms with van der Waals surface area (Å²) in [7, 11) is 0. The molecule has 0 spiro atoms. The van der Waals surface area contributed by atoms with Crippen LogP contribution in [0.1, 0.15) is 15.2 Å². The van der Waals surface area contributed by atoms with Crippen LogP contribution in [-0.4, -0.2) is 11.0 Å². The van der Waals surface area contributed by atoms with Crippen molar-refractivity contribution in [1.29, 1.82) is 0 Å². The Bertz CT molecular complexity index is 1200. The number of amides is 1. The second-order valence-electron chi connectivity index (χ2n) is 6.03. The Kier molecular flexibility index (Phi) is 5.18. The van der Waals surface area contributed by atoms with E-state index < -0.39 is 5.63 Å². The molecule has 4 aromatic rings. The van der Waals surface area contributed by atoms with Gasteiger partial charge in [-0.1, -0.05) is 12.1 Å². The van der Waals surface area contributed by atoms with E-state index in [1.165, 1.54) is 29.2 Å². The molecule has 0 aliphatic carbocycles. The van der Waals surface area contributed by atoms with Gasteiger partial charge in [0, 0.05) is 33.4 Å². The molecule has 2 N–H and O–H groups in total. The molecule has 5 nitrogen and oxygen atoms in total. The predicted molar refractivity (Wildman–Crippen MR) is 112 cm³/mol. The fourth-order valence-corrected chi connectivity index (χ4v) is 4.20. The molecule has 0 aliphatic heterocycles. The van der Waals surface area contributed by atoms with Crippen LogP contribution in [0, 0.1) is 0 Å². The highest BCUT2D eigenvalue weighted by atomic mass is 32.2. The van der Waals surface area contributed by atoms with Crippen molar-refractivity contribution in [3.8, 4) is 5.75 Å². The lowest BCUT2D eigenvalue weighted by Gasteiger charge is -2.07. The van der Waals surface area contributed by atoms with E-state index in [9.17, 15) is 14.7 Å². The third kappa shape index (κ3) is 4.11. The lowest BCUT2D eigenvalue weighted by Crippen LogP contribution is -2.09. The molecule has 4 rings (SSSR count). The zero-order chi connectivity index (χ0) is 19.5. The van der Waals surface area contributed by atoms with Crippen LogP contribution in [0.3, 0.4) is 0 Å². The summed E-state index contributed by atoms with van der Waals surface area (Å²) < 4.78 is 5.30. The summed E-state index contributed by atoms with van der Waals surface area (Å²) in [5, 5.41) is 15.0. The molecule has 0 fully saturated rings. The lowest BCUT2D eigenvalue weighted by molar-refractivity contribution is 0.103. The van der Waals surface area contributed by atoms with Crippen molar-refractivity contribution in [3.63, 3.8) is 0 Å². The summed E-state index contributed by atoms with van der Waals surface area (Å²) in [5.41, 5.74) is 1.17.